The van der Waals surface area contributed by atoms with E-state index in [0.717, 1.165) is 11.1 Å². The molecule has 0 N–H and O–H groups in total. The summed E-state index contributed by atoms with van der Waals surface area (Å²) in [6, 6.07) is 5.48. The van der Waals surface area contributed by atoms with Crippen molar-refractivity contribution in [2.24, 2.45) is 11.8 Å². The smallest absolute Gasteiger partial charge is 0.391 e. The van der Waals surface area contributed by atoms with Crippen molar-refractivity contribution in [1.29, 1.82) is 0 Å². The number of carbonyl (C=O) groups excluding carboxylic acids is 1. The number of esters is 1. The van der Waals surface area contributed by atoms with Crippen molar-refractivity contribution in [1.82, 2.24) is 0 Å². The topological polar surface area (TPSA) is 26.3 Å². The first-order valence-electron chi connectivity index (χ1n) is 7.13. The van der Waals surface area contributed by atoms with Crippen LogP contribution in [0.5, 0.6) is 5.75 Å². The molecule has 21 heavy (non-hydrogen) atoms. The monoisotopic (exact) mass is 300 g/mol. The standard InChI is InChI=1S/C16H19F3O2/c1-10-5-3-6-11(2)14(10)21-15(20)12-7-4-8-13(9-12)16(17,18)19/h3,5-6,12-13H,4,7-9H2,1-2H3. The van der Waals surface area contributed by atoms with Crippen LogP contribution in [0.3, 0.4) is 0 Å². The van der Waals surface area contributed by atoms with E-state index in [4.69, 9.17) is 4.74 Å². The Morgan fingerprint density at radius 1 is 1.19 bits per heavy atom. The first kappa shape index (κ1) is 15.9. The molecule has 0 radical (unpaired) electrons. The van der Waals surface area contributed by atoms with Gasteiger partial charge < -0.3 is 4.74 Å². The van der Waals surface area contributed by atoms with Gasteiger partial charge in [0.15, 0.2) is 0 Å². The molecule has 2 unspecified atom stereocenters. The summed E-state index contributed by atoms with van der Waals surface area (Å²) in [4.78, 5) is 12.2. The number of hydrogen-bond acceptors (Lipinski definition) is 2. The molecule has 0 bridgehead atoms. The van der Waals surface area contributed by atoms with Crippen molar-refractivity contribution in [2.75, 3.05) is 0 Å². The highest BCUT2D eigenvalue weighted by molar-refractivity contribution is 5.76. The van der Waals surface area contributed by atoms with Crippen LogP contribution < -0.4 is 4.74 Å². The third-order valence-corrected chi connectivity index (χ3v) is 4.08. The molecule has 5 heteroatoms. The zero-order chi connectivity index (χ0) is 15.6. The van der Waals surface area contributed by atoms with Gasteiger partial charge >= 0.3 is 12.1 Å². The van der Waals surface area contributed by atoms with Gasteiger partial charge in [0.25, 0.3) is 0 Å². The number of hydrogen-bond donors (Lipinski definition) is 0. The lowest BCUT2D eigenvalue weighted by Gasteiger charge is -2.29. The van der Waals surface area contributed by atoms with Crippen LogP contribution in [-0.2, 0) is 4.79 Å². The summed E-state index contributed by atoms with van der Waals surface area (Å²) in [6.07, 6.45) is -3.39. The summed E-state index contributed by atoms with van der Waals surface area (Å²) in [5.74, 6) is -2.12. The number of alkyl halides is 3. The van der Waals surface area contributed by atoms with Crippen LogP contribution in [0.4, 0.5) is 13.2 Å². The van der Waals surface area contributed by atoms with Gasteiger partial charge in [-0.15, -0.1) is 0 Å². The van der Waals surface area contributed by atoms with Crippen LogP contribution in [0.25, 0.3) is 0 Å². The summed E-state index contributed by atoms with van der Waals surface area (Å²) in [7, 11) is 0. The second kappa shape index (κ2) is 6.08. The van der Waals surface area contributed by atoms with Crippen molar-refractivity contribution >= 4 is 5.97 Å². The Morgan fingerprint density at radius 3 is 2.38 bits per heavy atom. The van der Waals surface area contributed by atoms with Crippen LogP contribution in [-0.4, -0.2) is 12.1 Å². The maximum atomic E-state index is 12.8. The van der Waals surface area contributed by atoms with Crippen LogP contribution in [0.15, 0.2) is 18.2 Å². The van der Waals surface area contributed by atoms with Gasteiger partial charge in [0.2, 0.25) is 0 Å². The van der Waals surface area contributed by atoms with E-state index in [1.54, 1.807) is 0 Å². The fraction of sp³-hybridized carbons (Fsp3) is 0.562. The maximum absolute atomic E-state index is 12.8. The number of rotatable bonds is 2. The minimum atomic E-state index is -4.22. The number of benzene rings is 1. The fourth-order valence-electron chi connectivity index (χ4n) is 2.85. The van der Waals surface area contributed by atoms with Gasteiger partial charge in [0, 0.05) is 0 Å². The largest absolute Gasteiger partial charge is 0.426 e. The Labute approximate surface area is 122 Å². The normalized spacial score (nSPS) is 22.9. The van der Waals surface area contributed by atoms with E-state index in [0.29, 0.717) is 18.6 Å². The lowest BCUT2D eigenvalue weighted by molar-refractivity contribution is -0.187. The molecule has 0 spiro atoms. The van der Waals surface area contributed by atoms with Gasteiger partial charge in [-0.05, 0) is 44.2 Å². The van der Waals surface area contributed by atoms with Crippen molar-refractivity contribution in [3.8, 4) is 5.75 Å². The quantitative estimate of drug-likeness (QED) is 0.590. The highest BCUT2D eigenvalue weighted by atomic mass is 19.4. The zero-order valence-corrected chi connectivity index (χ0v) is 12.2. The summed E-state index contributed by atoms with van der Waals surface area (Å²) in [6.45, 7) is 3.63. The van der Waals surface area contributed by atoms with Crippen molar-refractivity contribution in [2.45, 2.75) is 45.7 Å². The van der Waals surface area contributed by atoms with Crippen molar-refractivity contribution in [3.63, 3.8) is 0 Å². The number of aryl methyl sites for hydroxylation is 2. The Bertz CT molecular complexity index is 502. The Kier molecular flexibility index (Phi) is 4.59. The molecule has 1 aliphatic carbocycles. The Morgan fingerprint density at radius 2 is 1.81 bits per heavy atom. The SMILES string of the molecule is Cc1cccc(C)c1OC(=O)C1CCCC(C(F)(F)F)C1. The number of ether oxygens (including phenoxy) is 1. The van der Waals surface area contributed by atoms with Gasteiger partial charge in [-0.25, -0.2) is 0 Å². The molecule has 0 aromatic heterocycles. The predicted molar refractivity (Wildman–Crippen MR) is 73.1 cm³/mol. The summed E-state index contributed by atoms with van der Waals surface area (Å²) < 4.78 is 43.7. The fourth-order valence-corrected chi connectivity index (χ4v) is 2.85. The lowest BCUT2D eigenvalue weighted by Crippen LogP contribution is -2.33. The number of halogens is 3. The average molecular weight is 300 g/mol. The van der Waals surface area contributed by atoms with Gasteiger partial charge in [0.1, 0.15) is 5.75 Å². The van der Waals surface area contributed by atoms with E-state index in [1.807, 2.05) is 32.0 Å². The summed E-state index contributed by atoms with van der Waals surface area (Å²) in [5, 5.41) is 0. The van der Waals surface area contributed by atoms with E-state index in [-0.39, 0.29) is 12.8 Å². The van der Waals surface area contributed by atoms with E-state index < -0.39 is 24.0 Å². The number of carbonyl (C=O) groups is 1. The second-order valence-corrected chi connectivity index (χ2v) is 5.74. The van der Waals surface area contributed by atoms with E-state index in [1.165, 1.54) is 0 Å². The molecule has 1 aromatic carbocycles. The van der Waals surface area contributed by atoms with Gasteiger partial charge in [0.05, 0.1) is 11.8 Å². The van der Waals surface area contributed by atoms with E-state index >= 15 is 0 Å². The molecule has 1 aliphatic rings. The first-order chi connectivity index (χ1) is 9.79. The molecule has 2 nitrogen and oxygen atoms in total. The summed E-state index contributed by atoms with van der Waals surface area (Å²) >= 11 is 0. The second-order valence-electron chi connectivity index (χ2n) is 5.74. The molecule has 0 saturated heterocycles. The van der Waals surface area contributed by atoms with Gasteiger partial charge in [-0.1, -0.05) is 24.6 Å². The van der Waals surface area contributed by atoms with E-state index in [2.05, 4.69) is 0 Å². The Hall–Kier alpha value is -1.52. The minimum Gasteiger partial charge on any atom is -0.426 e. The molecule has 116 valence electrons. The lowest BCUT2D eigenvalue weighted by atomic mass is 9.81. The van der Waals surface area contributed by atoms with Crippen molar-refractivity contribution in [3.05, 3.63) is 29.3 Å². The van der Waals surface area contributed by atoms with Gasteiger partial charge in [-0.3, -0.25) is 4.79 Å². The van der Waals surface area contributed by atoms with Crippen LogP contribution in [0, 0.1) is 25.7 Å². The third-order valence-electron chi connectivity index (χ3n) is 4.08. The predicted octanol–water partition coefficient (Wildman–Crippen LogP) is 4.58. The summed E-state index contributed by atoms with van der Waals surface area (Å²) in [5.41, 5.74) is 1.62. The highest BCUT2D eigenvalue weighted by Gasteiger charge is 2.44. The average Bonchev–Trinajstić information content (AvgIpc) is 2.42. The molecule has 0 aliphatic heterocycles. The van der Waals surface area contributed by atoms with Crippen LogP contribution >= 0.6 is 0 Å². The first-order valence-corrected chi connectivity index (χ1v) is 7.13. The minimum absolute atomic E-state index is 0.108. The van der Waals surface area contributed by atoms with Crippen LogP contribution in [0.1, 0.15) is 36.8 Å². The number of para-hydroxylation sites is 1. The molecule has 0 amide bonds. The third kappa shape index (κ3) is 3.77. The van der Waals surface area contributed by atoms with Gasteiger partial charge in [-0.2, -0.15) is 13.2 Å². The van der Waals surface area contributed by atoms with Crippen molar-refractivity contribution < 1.29 is 22.7 Å². The van der Waals surface area contributed by atoms with E-state index in [9.17, 15) is 18.0 Å². The molecule has 1 saturated carbocycles. The van der Waals surface area contributed by atoms with Crippen LogP contribution in [0.2, 0.25) is 0 Å². The molecular formula is C16H19F3O2. The zero-order valence-electron chi connectivity index (χ0n) is 12.2. The highest BCUT2D eigenvalue weighted by Crippen LogP contribution is 2.40. The molecule has 1 aromatic rings. The molecular weight excluding hydrogens is 281 g/mol. The molecule has 2 atom stereocenters. The molecule has 0 heterocycles. The Balaban J connectivity index is 2.07. The maximum Gasteiger partial charge on any atom is 0.391 e. The molecule has 1 fully saturated rings. The molecule has 2 rings (SSSR count).